The first kappa shape index (κ1) is 51.9. The van der Waals surface area contributed by atoms with Gasteiger partial charge in [-0.2, -0.15) is 0 Å². The van der Waals surface area contributed by atoms with Gasteiger partial charge in [0.15, 0.2) is 0 Å². The van der Waals surface area contributed by atoms with Crippen molar-refractivity contribution < 1.29 is 17.9 Å². The number of rotatable bonds is 9. The second-order valence-corrected chi connectivity index (χ2v) is 24.2. The molecule has 0 atom stereocenters. The molecule has 3 heterocycles. The van der Waals surface area contributed by atoms with Crippen LogP contribution in [0.15, 0.2) is 206 Å². The Morgan fingerprint density at radius 2 is 0.988 bits per heavy atom. The molecule has 0 bridgehead atoms. The Balaban J connectivity index is 1.05. The van der Waals surface area contributed by atoms with E-state index < -0.39 is 17.5 Å². The van der Waals surface area contributed by atoms with Crippen molar-refractivity contribution in [2.75, 3.05) is 16.5 Å². The van der Waals surface area contributed by atoms with Crippen molar-refractivity contribution in [3.05, 3.63) is 241 Å². The predicted octanol–water partition coefficient (Wildman–Crippen LogP) is 20.2. The van der Waals surface area contributed by atoms with Crippen LogP contribution >= 0.6 is 0 Å². The molecule has 0 N–H and O–H groups in total. The number of aromatic nitrogens is 2. The molecule has 0 amide bonds. The van der Waals surface area contributed by atoms with Gasteiger partial charge < -0.3 is 14.5 Å². The Hall–Kier alpha value is -8.88. The maximum absolute atomic E-state index is 16.8. The average Bonchev–Trinajstić information content (AvgIpc) is 3.69. The summed E-state index contributed by atoms with van der Waals surface area (Å²) in [5.41, 5.74) is 13.2. The van der Waals surface area contributed by atoms with Crippen molar-refractivity contribution in [2.24, 2.45) is 0 Å². The van der Waals surface area contributed by atoms with Gasteiger partial charge in [-0.05, 0) is 127 Å². The molecular formula is C72H63F3N4O. The lowest BCUT2D eigenvalue weighted by Gasteiger charge is -2.30. The van der Waals surface area contributed by atoms with Gasteiger partial charge in [-0.1, -0.05) is 172 Å². The molecule has 0 saturated heterocycles. The van der Waals surface area contributed by atoms with Gasteiger partial charge in [-0.15, -0.1) is 0 Å². The molecule has 0 aliphatic carbocycles. The summed E-state index contributed by atoms with van der Waals surface area (Å²) < 4.78 is 57.9. The summed E-state index contributed by atoms with van der Waals surface area (Å²) in [6.45, 7) is 20.1. The van der Waals surface area contributed by atoms with Crippen LogP contribution in [0.4, 0.5) is 35.9 Å². The van der Waals surface area contributed by atoms with E-state index in [9.17, 15) is 0 Å². The number of pyridine rings is 1. The highest BCUT2D eigenvalue weighted by Crippen LogP contribution is 2.53. The summed E-state index contributed by atoms with van der Waals surface area (Å²) in [6, 6.07) is 65.7. The number of fused-ring (bicyclic) bond motifs is 4. The molecule has 5 nitrogen and oxygen atoms in total. The maximum Gasteiger partial charge on any atom is 0.137 e. The van der Waals surface area contributed by atoms with Crippen LogP contribution in [0.2, 0.25) is 0 Å². The van der Waals surface area contributed by atoms with E-state index >= 15 is 13.2 Å². The van der Waals surface area contributed by atoms with Crippen LogP contribution in [0.3, 0.4) is 0 Å². The molecule has 2 aromatic heterocycles. The van der Waals surface area contributed by atoms with Gasteiger partial charge in [-0.25, -0.2) is 18.2 Å². The highest BCUT2D eigenvalue weighted by atomic mass is 19.1. The van der Waals surface area contributed by atoms with Crippen molar-refractivity contribution in [1.29, 1.82) is 0 Å². The first-order valence-electron chi connectivity index (χ1n) is 27.3. The molecule has 12 rings (SSSR count). The van der Waals surface area contributed by atoms with E-state index in [1.807, 2.05) is 79.0 Å². The lowest BCUT2D eigenvalue weighted by molar-refractivity contribution is 0.483. The van der Waals surface area contributed by atoms with Gasteiger partial charge in [-0.3, -0.25) is 4.57 Å². The van der Waals surface area contributed by atoms with E-state index in [-0.39, 0.29) is 28.5 Å². The van der Waals surface area contributed by atoms with Gasteiger partial charge in [0.25, 0.3) is 0 Å². The fraction of sp³-hybridized carbons (Fsp3) is 0.181. The molecule has 9 aromatic carbocycles. The largest absolute Gasteiger partial charge is 0.457 e. The molecule has 0 spiro atoms. The molecule has 0 unspecified atom stereocenters. The van der Waals surface area contributed by atoms with E-state index in [0.29, 0.717) is 22.7 Å². The first-order chi connectivity index (χ1) is 38.3. The summed E-state index contributed by atoms with van der Waals surface area (Å²) in [7, 11) is 0. The van der Waals surface area contributed by atoms with Gasteiger partial charge in [0.2, 0.25) is 0 Å². The molecule has 0 radical (unpaired) electrons. The number of benzene rings is 9. The zero-order chi connectivity index (χ0) is 55.8. The Kier molecular flexibility index (Phi) is 12.8. The SMILES string of the molecule is CC(C)(C)c1cc(-c2cc(-c3ccccc3)cc(-c3c(F)cc(F)cc3F)c2N2CN(c3cc(Oc4ccc5c6ccccc6n(-c6cc(C(C)(C)C)ccn6)c5c4)cc(-c4ccccc4)c3)c3ccccc32)cc(C(C)(C)C)c1. The van der Waals surface area contributed by atoms with Crippen LogP contribution in [0.25, 0.3) is 72.1 Å². The summed E-state index contributed by atoms with van der Waals surface area (Å²) >= 11 is 0. The molecular weight excluding hydrogens is 994 g/mol. The van der Waals surface area contributed by atoms with Gasteiger partial charge >= 0.3 is 0 Å². The number of nitrogens with zero attached hydrogens (tertiary/aromatic N) is 4. The zero-order valence-corrected chi connectivity index (χ0v) is 46.7. The fourth-order valence-corrected chi connectivity index (χ4v) is 11.2. The third-order valence-electron chi connectivity index (χ3n) is 15.5. The van der Waals surface area contributed by atoms with Crippen LogP contribution in [0.5, 0.6) is 11.5 Å². The first-order valence-corrected chi connectivity index (χ1v) is 27.3. The quantitative estimate of drug-likeness (QED) is 0.144. The Labute approximate surface area is 467 Å². The number of anilines is 4. The third-order valence-corrected chi connectivity index (χ3v) is 15.5. The van der Waals surface area contributed by atoms with Crippen LogP contribution in [-0.2, 0) is 16.2 Å². The van der Waals surface area contributed by atoms with Crippen LogP contribution in [-0.4, -0.2) is 16.2 Å². The van der Waals surface area contributed by atoms with Crippen molar-refractivity contribution in [2.45, 2.75) is 78.6 Å². The summed E-state index contributed by atoms with van der Waals surface area (Å²) in [5.74, 6) is -0.880. The second kappa shape index (κ2) is 19.8. The minimum absolute atomic E-state index is 0.0801. The van der Waals surface area contributed by atoms with E-state index in [2.05, 4.69) is 192 Å². The molecule has 0 fully saturated rings. The van der Waals surface area contributed by atoms with Crippen molar-refractivity contribution in [1.82, 2.24) is 9.55 Å². The third kappa shape index (κ3) is 9.67. The summed E-state index contributed by atoms with van der Waals surface area (Å²) in [6.07, 6.45) is 1.89. The van der Waals surface area contributed by atoms with Crippen molar-refractivity contribution in [3.8, 4) is 61.8 Å². The lowest BCUT2D eigenvalue weighted by Crippen LogP contribution is -2.25. The Morgan fingerprint density at radius 3 is 1.62 bits per heavy atom. The normalized spacial score (nSPS) is 12.9. The topological polar surface area (TPSA) is 33.5 Å². The Morgan fingerprint density at radius 1 is 0.425 bits per heavy atom. The fourth-order valence-electron chi connectivity index (χ4n) is 11.2. The molecule has 8 heteroatoms. The van der Waals surface area contributed by atoms with Crippen LogP contribution in [0, 0.1) is 17.5 Å². The highest BCUT2D eigenvalue weighted by molar-refractivity contribution is 6.09. The van der Waals surface area contributed by atoms with Crippen molar-refractivity contribution >= 4 is 44.6 Å². The van der Waals surface area contributed by atoms with Crippen LogP contribution in [0.1, 0.15) is 79.0 Å². The smallest absolute Gasteiger partial charge is 0.137 e. The second-order valence-electron chi connectivity index (χ2n) is 24.2. The summed E-state index contributed by atoms with van der Waals surface area (Å²) in [5, 5.41) is 2.20. The highest BCUT2D eigenvalue weighted by Gasteiger charge is 2.35. The maximum atomic E-state index is 16.8. The van der Waals surface area contributed by atoms with E-state index in [4.69, 9.17) is 9.72 Å². The molecule has 80 heavy (non-hydrogen) atoms. The summed E-state index contributed by atoms with van der Waals surface area (Å²) in [4.78, 5) is 9.30. The van der Waals surface area contributed by atoms with Gasteiger partial charge in [0.1, 0.15) is 41.4 Å². The van der Waals surface area contributed by atoms with Crippen LogP contribution < -0.4 is 14.5 Å². The zero-order valence-electron chi connectivity index (χ0n) is 46.7. The van der Waals surface area contributed by atoms with Gasteiger partial charge in [0.05, 0.1) is 33.7 Å². The molecule has 1 aliphatic rings. The molecule has 1 aliphatic heterocycles. The molecule has 11 aromatic rings. The standard InChI is InChI=1S/C72H63F3N4O/c1-70(2,3)50-30-31-76-67(39-50)79-63-25-17-16-24-57(63)58-29-28-55(43-66(58)79)80-56-35-47(45-20-12-10-13-21-45)34-54(42-56)77-44-78(65-27-19-18-26-64(65)77)69-59(49-32-51(71(4,5)6)38-52(33-49)72(7,8)9)36-48(46-22-14-11-15-23-46)37-60(69)68-61(74)40-53(73)41-62(68)75/h10-43H,44H2,1-9H3. The number of halogens is 3. The predicted molar refractivity (Wildman–Crippen MR) is 325 cm³/mol. The number of para-hydroxylation sites is 3. The lowest BCUT2D eigenvalue weighted by atomic mass is 9.78. The number of hydrogen-bond donors (Lipinski definition) is 0. The molecule has 398 valence electrons. The number of ether oxygens (including phenoxy) is 1. The minimum Gasteiger partial charge on any atom is -0.457 e. The Bertz CT molecular complexity index is 4130. The van der Waals surface area contributed by atoms with Crippen molar-refractivity contribution in [3.63, 3.8) is 0 Å². The van der Waals surface area contributed by atoms with Gasteiger partial charge in [0, 0.05) is 58.0 Å². The minimum atomic E-state index is -0.992. The molecule has 0 saturated carbocycles. The van der Waals surface area contributed by atoms with E-state index in [1.165, 1.54) is 5.56 Å². The monoisotopic (exact) mass is 1060 g/mol. The van der Waals surface area contributed by atoms with E-state index in [0.717, 1.165) is 101 Å². The number of hydrogen-bond acceptors (Lipinski definition) is 4. The average molecular weight is 1060 g/mol. The van der Waals surface area contributed by atoms with E-state index in [1.54, 1.807) is 0 Å².